The van der Waals surface area contributed by atoms with Crippen molar-refractivity contribution < 1.29 is 4.79 Å². The zero-order chi connectivity index (χ0) is 14.1. The quantitative estimate of drug-likeness (QED) is 0.727. The van der Waals surface area contributed by atoms with Crippen LogP contribution < -0.4 is 0 Å². The largest absolute Gasteiger partial charge is 0.327 e. The van der Waals surface area contributed by atoms with Crippen LogP contribution in [-0.2, 0) is 18.3 Å². The van der Waals surface area contributed by atoms with Gasteiger partial charge >= 0.3 is 0 Å². The SMILES string of the molecule is CC(=O)Cc1ccc2nc(-c3ccccc3)n(C)c2c1. The zero-order valence-corrected chi connectivity index (χ0v) is 11.6. The maximum absolute atomic E-state index is 11.2. The normalized spacial score (nSPS) is 10.9. The van der Waals surface area contributed by atoms with Gasteiger partial charge in [0.25, 0.3) is 0 Å². The van der Waals surface area contributed by atoms with Gasteiger partial charge in [0.15, 0.2) is 0 Å². The van der Waals surface area contributed by atoms with Gasteiger partial charge in [-0.05, 0) is 24.6 Å². The maximum Gasteiger partial charge on any atom is 0.140 e. The summed E-state index contributed by atoms with van der Waals surface area (Å²) in [7, 11) is 2.01. The molecule has 0 spiro atoms. The van der Waals surface area contributed by atoms with Crippen molar-refractivity contribution in [1.82, 2.24) is 9.55 Å². The van der Waals surface area contributed by atoms with E-state index in [0.29, 0.717) is 6.42 Å². The molecule has 2 aromatic carbocycles. The van der Waals surface area contributed by atoms with Crippen LogP contribution in [0.2, 0.25) is 0 Å². The fourth-order valence-corrected chi connectivity index (χ4v) is 2.48. The molecule has 0 aliphatic rings. The lowest BCUT2D eigenvalue weighted by molar-refractivity contribution is -0.116. The van der Waals surface area contributed by atoms with Gasteiger partial charge in [-0.25, -0.2) is 4.98 Å². The van der Waals surface area contributed by atoms with E-state index in [-0.39, 0.29) is 5.78 Å². The first-order valence-corrected chi connectivity index (χ1v) is 6.65. The fourth-order valence-electron chi connectivity index (χ4n) is 2.48. The third-order valence-corrected chi connectivity index (χ3v) is 3.43. The Kier molecular flexibility index (Phi) is 3.11. The van der Waals surface area contributed by atoms with Gasteiger partial charge in [0.1, 0.15) is 11.6 Å². The molecule has 1 heterocycles. The van der Waals surface area contributed by atoms with Gasteiger partial charge in [0.2, 0.25) is 0 Å². The van der Waals surface area contributed by atoms with Crippen LogP contribution in [0.4, 0.5) is 0 Å². The number of benzene rings is 2. The molecule has 0 N–H and O–H groups in total. The highest BCUT2D eigenvalue weighted by Gasteiger charge is 2.10. The topological polar surface area (TPSA) is 34.9 Å². The molecule has 0 unspecified atom stereocenters. The molecule has 0 aliphatic carbocycles. The van der Waals surface area contributed by atoms with Gasteiger partial charge in [-0.2, -0.15) is 0 Å². The molecule has 3 aromatic rings. The van der Waals surface area contributed by atoms with Crippen molar-refractivity contribution in [3.05, 3.63) is 54.1 Å². The molecule has 3 nitrogen and oxygen atoms in total. The van der Waals surface area contributed by atoms with E-state index in [9.17, 15) is 4.79 Å². The number of Topliss-reactive ketones (excluding diaryl/α,β-unsaturated/α-hetero) is 1. The van der Waals surface area contributed by atoms with E-state index >= 15 is 0 Å². The van der Waals surface area contributed by atoms with E-state index in [1.807, 2.05) is 37.4 Å². The molecule has 3 rings (SSSR count). The van der Waals surface area contributed by atoms with Crippen LogP contribution in [0.25, 0.3) is 22.4 Å². The number of carbonyl (C=O) groups is 1. The average molecular weight is 264 g/mol. The van der Waals surface area contributed by atoms with Crippen molar-refractivity contribution in [2.45, 2.75) is 13.3 Å². The highest BCUT2D eigenvalue weighted by Crippen LogP contribution is 2.24. The van der Waals surface area contributed by atoms with Crippen LogP contribution in [0.5, 0.6) is 0 Å². The van der Waals surface area contributed by atoms with E-state index in [1.165, 1.54) is 0 Å². The Bertz CT molecular complexity index is 772. The lowest BCUT2D eigenvalue weighted by atomic mass is 10.1. The minimum absolute atomic E-state index is 0.176. The second kappa shape index (κ2) is 4.93. The van der Waals surface area contributed by atoms with Crippen LogP contribution in [0, 0.1) is 0 Å². The lowest BCUT2D eigenvalue weighted by Crippen LogP contribution is -1.97. The Balaban J connectivity index is 2.13. The lowest BCUT2D eigenvalue weighted by Gasteiger charge is -2.03. The van der Waals surface area contributed by atoms with Gasteiger partial charge in [0.05, 0.1) is 11.0 Å². The Labute approximate surface area is 117 Å². The number of aromatic nitrogens is 2. The number of aryl methyl sites for hydroxylation is 1. The van der Waals surface area contributed by atoms with Crippen molar-refractivity contribution >= 4 is 16.8 Å². The molecular weight excluding hydrogens is 248 g/mol. The summed E-state index contributed by atoms with van der Waals surface area (Å²) in [6.07, 6.45) is 0.474. The van der Waals surface area contributed by atoms with Gasteiger partial charge < -0.3 is 4.57 Å². The number of fused-ring (bicyclic) bond motifs is 1. The highest BCUT2D eigenvalue weighted by atomic mass is 16.1. The number of hydrogen-bond acceptors (Lipinski definition) is 2. The van der Waals surface area contributed by atoms with Crippen molar-refractivity contribution in [1.29, 1.82) is 0 Å². The highest BCUT2D eigenvalue weighted by molar-refractivity contribution is 5.84. The van der Waals surface area contributed by atoms with Crippen molar-refractivity contribution in [2.24, 2.45) is 7.05 Å². The smallest absolute Gasteiger partial charge is 0.140 e. The Morgan fingerprint density at radius 3 is 2.60 bits per heavy atom. The van der Waals surface area contributed by atoms with Gasteiger partial charge in [-0.1, -0.05) is 36.4 Å². The molecule has 0 amide bonds. The summed E-state index contributed by atoms with van der Waals surface area (Å²) in [5.74, 6) is 1.12. The van der Waals surface area contributed by atoms with Crippen LogP contribution in [0.1, 0.15) is 12.5 Å². The van der Waals surface area contributed by atoms with Crippen LogP contribution in [0.3, 0.4) is 0 Å². The Morgan fingerprint density at radius 2 is 1.90 bits per heavy atom. The molecule has 0 radical (unpaired) electrons. The molecule has 0 saturated heterocycles. The van der Waals surface area contributed by atoms with Crippen LogP contribution in [0.15, 0.2) is 48.5 Å². The molecule has 3 heteroatoms. The molecule has 0 saturated carbocycles. The monoisotopic (exact) mass is 264 g/mol. The average Bonchev–Trinajstić information content (AvgIpc) is 2.76. The number of imidazole rings is 1. The fraction of sp³-hybridized carbons (Fsp3) is 0.176. The number of rotatable bonds is 3. The summed E-state index contributed by atoms with van der Waals surface area (Å²) in [4.78, 5) is 15.9. The molecule has 0 bridgehead atoms. The van der Waals surface area contributed by atoms with E-state index in [4.69, 9.17) is 0 Å². The van der Waals surface area contributed by atoms with Crippen molar-refractivity contribution in [3.8, 4) is 11.4 Å². The molecule has 20 heavy (non-hydrogen) atoms. The predicted octanol–water partition coefficient (Wildman–Crippen LogP) is 3.37. The molecule has 0 fully saturated rings. The van der Waals surface area contributed by atoms with Crippen LogP contribution >= 0.6 is 0 Å². The number of nitrogens with zero attached hydrogens (tertiary/aromatic N) is 2. The summed E-state index contributed by atoms with van der Waals surface area (Å²) in [6, 6.07) is 16.1. The summed E-state index contributed by atoms with van der Waals surface area (Å²) in [5.41, 5.74) is 4.15. The molecule has 0 aliphatic heterocycles. The van der Waals surface area contributed by atoms with Crippen molar-refractivity contribution in [3.63, 3.8) is 0 Å². The van der Waals surface area contributed by atoms with Gasteiger partial charge in [-0.3, -0.25) is 4.79 Å². The zero-order valence-electron chi connectivity index (χ0n) is 11.6. The Hall–Kier alpha value is -2.42. The van der Waals surface area contributed by atoms with Crippen LogP contribution in [-0.4, -0.2) is 15.3 Å². The number of carbonyl (C=O) groups excluding carboxylic acids is 1. The van der Waals surface area contributed by atoms with E-state index < -0.39 is 0 Å². The molecule has 100 valence electrons. The minimum Gasteiger partial charge on any atom is -0.327 e. The van der Waals surface area contributed by atoms with Gasteiger partial charge in [0, 0.05) is 19.0 Å². The summed E-state index contributed by atoms with van der Waals surface area (Å²) in [6.45, 7) is 1.61. The molecule has 0 atom stereocenters. The molecular formula is C17H16N2O. The third-order valence-electron chi connectivity index (χ3n) is 3.43. The van der Waals surface area contributed by atoms with E-state index in [2.05, 4.69) is 27.8 Å². The minimum atomic E-state index is 0.176. The summed E-state index contributed by atoms with van der Waals surface area (Å²) < 4.78 is 2.08. The first-order chi connectivity index (χ1) is 9.65. The predicted molar refractivity (Wildman–Crippen MR) is 80.5 cm³/mol. The van der Waals surface area contributed by atoms with E-state index in [0.717, 1.165) is 28.0 Å². The second-order valence-corrected chi connectivity index (χ2v) is 5.06. The summed E-state index contributed by atoms with van der Waals surface area (Å²) in [5, 5.41) is 0. The van der Waals surface area contributed by atoms with Gasteiger partial charge in [-0.15, -0.1) is 0 Å². The first-order valence-electron chi connectivity index (χ1n) is 6.65. The van der Waals surface area contributed by atoms with E-state index in [1.54, 1.807) is 6.92 Å². The third kappa shape index (κ3) is 2.23. The number of hydrogen-bond donors (Lipinski definition) is 0. The van der Waals surface area contributed by atoms with Crippen molar-refractivity contribution in [2.75, 3.05) is 0 Å². The maximum atomic E-state index is 11.2. The first kappa shape index (κ1) is 12.6. The standard InChI is InChI=1S/C17H16N2O/c1-12(20)10-13-8-9-15-16(11-13)19(2)17(18-15)14-6-4-3-5-7-14/h3-9,11H,10H2,1-2H3. The second-order valence-electron chi connectivity index (χ2n) is 5.06. The number of ketones is 1. The summed E-state index contributed by atoms with van der Waals surface area (Å²) >= 11 is 0. The molecule has 1 aromatic heterocycles. The Morgan fingerprint density at radius 1 is 1.15 bits per heavy atom.